The van der Waals surface area contributed by atoms with Gasteiger partial charge in [0.1, 0.15) is 11.9 Å². The Labute approximate surface area is 161 Å². The molecule has 1 fully saturated rings. The molecule has 0 radical (unpaired) electrons. The third-order valence-corrected chi connectivity index (χ3v) is 5.35. The Morgan fingerprint density at radius 1 is 1.27 bits per heavy atom. The van der Waals surface area contributed by atoms with E-state index in [1.807, 2.05) is 42.2 Å². The maximum Gasteiger partial charge on any atom is 0.254 e. The van der Waals surface area contributed by atoms with Crippen LogP contribution in [0, 0.1) is 6.92 Å². The summed E-state index contributed by atoms with van der Waals surface area (Å²) in [7, 11) is 1.74. The van der Waals surface area contributed by atoms with Crippen molar-refractivity contribution in [2.24, 2.45) is 7.05 Å². The Morgan fingerprint density at radius 3 is 2.69 bits per heavy atom. The molecule has 1 unspecified atom stereocenters. The summed E-state index contributed by atoms with van der Waals surface area (Å²) in [5.74, 6) is 0.735. The lowest BCUT2D eigenvalue weighted by Crippen LogP contribution is -2.31. The first-order chi connectivity index (χ1) is 12.4. The van der Waals surface area contributed by atoms with E-state index in [1.165, 1.54) is 6.07 Å². The van der Waals surface area contributed by atoms with Gasteiger partial charge >= 0.3 is 0 Å². The first kappa shape index (κ1) is 18.7. The summed E-state index contributed by atoms with van der Waals surface area (Å²) in [5.41, 5.74) is 1.93. The number of ether oxygens (including phenoxy) is 1. The number of aromatic nitrogens is 1. The largest absolute Gasteiger partial charge is 0.488 e. The van der Waals surface area contributed by atoms with Gasteiger partial charge in [-0.15, -0.1) is 0 Å². The predicted molar refractivity (Wildman–Crippen MR) is 104 cm³/mol. The quantitative estimate of drug-likeness (QED) is 0.749. The number of amides is 1. The van der Waals surface area contributed by atoms with Gasteiger partial charge in [0, 0.05) is 42.7 Å². The fourth-order valence-electron chi connectivity index (χ4n) is 3.11. The molecule has 0 N–H and O–H groups in total. The van der Waals surface area contributed by atoms with E-state index >= 15 is 0 Å². The minimum atomic E-state index is -0.0829. The number of hydrogen-bond acceptors (Lipinski definition) is 3. The summed E-state index contributed by atoms with van der Waals surface area (Å²) in [5, 5.41) is 0. The van der Waals surface area contributed by atoms with Crippen molar-refractivity contribution in [3.05, 3.63) is 62.5 Å². The second-order valence-corrected chi connectivity index (χ2v) is 7.64. The van der Waals surface area contributed by atoms with Gasteiger partial charge in [0.2, 0.25) is 5.91 Å². The lowest BCUT2D eigenvalue weighted by Gasteiger charge is -2.18. The van der Waals surface area contributed by atoms with E-state index in [9.17, 15) is 9.59 Å². The summed E-state index contributed by atoms with van der Waals surface area (Å²) in [6.45, 7) is 3.15. The zero-order valence-corrected chi connectivity index (χ0v) is 16.7. The summed E-state index contributed by atoms with van der Waals surface area (Å²) < 4.78 is 8.56. The van der Waals surface area contributed by atoms with Gasteiger partial charge in [-0.1, -0.05) is 28.1 Å². The fourth-order valence-corrected chi connectivity index (χ4v) is 3.37. The van der Waals surface area contributed by atoms with E-state index in [0.29, 0.717) is 25.3 Å². The summed E-state index contributed by atoms with van der Waals surface area (Å²) in [6.07, 6.45) is 1.97. The molecule has 1 aromatic heterocycles. The molecule has 0 spiro atoms. The van der Waals surface area contributed by atoms with E-state index in [1.54, 1.807) is 11.6 Å². The number of likely N-dealkylation sites (tertiary alicyclic amines) is 1. The Hall–Kier alpha value is -2.08. The van der Waals surface area contributed by atoms with Gasteiger partial charge in [0.25, 0.3) is 5.56 Å². The molecule has 1 atom stereocenters. The maximum absolute atomic E-state index is 12.4. The highest BCUT2D eigenvalue weighted by atomic mass is 79.9. The molecule has 0 aliphatic carbocycles. The van der Waals surface area contributed by atoms with Gasteiger partial charge in [-0.25, -0.2) is 0 Å². The van der Waals surface area contributed by atoms with E-state index in [4.69, 9.17) is 4.74 Å². The van der Waals surface area contributed by atoms with Crippen LogP contribution < -0.4 is 10.3 Å². The lowest BCUT2D eigenvalue weighted by molar-refractivity contribution is -0.130. The van der Waals surface area contributed by atoms with E-state index in [2.05, 4.69) is 15.9 Å². The van der Waals surface area contributed by atoms with Crippen LogP contribution in [-0.4, -0.2) is 34.6 Å². The molecular weight excluding hydrogens is 396 g/mol. The van der Waals surface area contributed by atoms with Crippen LogP contribution in [0.1, 0.15) is 24.1 Å². The van der Waals surface area contributed by atoms with Crippen molar-refractivity contribution in [2.45, 2.75) is 32.3 Å². The number of carbonyl (C=O) groups is 1. The van der Waals surface area contributed by atoms with Crippen LogP contribution in [-0.2, 0) is 18.3 Å². The van der Waals surface area contributed by atoms with Crippen LogP contribution >= 0.6 is 15.9 Å². The normalized spacial score (nSPS) is 16.7. The number of nitrogens with zero attached hydrogens (tertiary/aromatic N) is 2. The molecule has 6 heteroatoms. The Morgan fingerprint density at radius 2 is 2.00 bits per heavy atom. The number of benzene rings is 1. The van der Waals surface area contributed by atoms with Gasteiger partial charge in [-0.2, -0.15) is 0 Å². The first-order valence-corrected chi connectivity index (χ1v) is 9.58. The molecule has 1 aromatic carbocycles. The second-order valence-electron chi connectivity index (χ2n) is 6.72. The van der Waals surface area contributed by atoms with E-state index in [-0.39, 0.29) is 17.6 Å². The molecule has 1 aliphatic heterocycles. The minimum absolute atomic E-state index is 0.0573. The third-order valence-electron chi connectivity index (χ3n) is 4.82. The second kappa shape index (κ2) is 8.08. The SMILES string of the molecule is Cc1cc(OC2CCN(C(=O)CCc3ccc(Br)cc3)C2)cc(=O)n1C. The average Bonchev–Trinajstić information content (AvgIpc) is 3.07. The average molecular weight is 419 g/mol. The summed E-state index contributed by atoms with van der Waals surface area (Å²) in [6, 6.07) is 11.4. The van der Waals surface area contributed by atoms with Crippen molar-refractivity contribution in [1.29, 1.82) is 0 Å². The molecular formula is C20H23BrN2O3. The number of halogens is 1. The molecule has 1 amide bonds. The van der Waals surface area contributed by atoms with Crippen molar-refractivity contribution in [1.82, 2.24) is 9.47 Å². The highest BCUT2D eigenvalue weighted by molar-refractivity contribution is 9.10. The summed E-state index contributed by atoms with van der Waals surface area (Å²) in [4.78, 5) is 26.2. The zero-order chi connectivity index (χ0) is 18.7. The fraction of sp³-hybridized carbons (Fsp3) is 0.400. The number of aryl methyl sites for hydroxylation is 2. The standard InChI is InChI=1S/C20H23BrN2O3/c1-14-11-18(12-20(25)22(14)2)26-17-9-10-23(13-17)19(24)8-5-15-3-6-16(21)7-4-15/h3-4,6-7,11-12,17H,5,8-10,13H2,1-2H3. The number of hydrogen-bond donors (Lipinski definition) is 0. The Balaban J connectivity index is 1.52. The van der Waals surface area contributed by atoms with Crippen molar-refractivity contribution >= 4 is 21.8 Å². The molecule has 1 saturated heterocycles. The van der Waals surface area contributed by atoms with Gasteiger partial charge in [-0.05, 0) is 37.1 Å². The number of rotatable bonds is 5. The van der Waals surface area contributed by atoms with Gasteiger partial charge in [0.05, 0.1) is 6.54 Å². The van der Waals surface area contributed by atoms with Crippen molar-refractivity contribution < 1.29 is 9.53 Å². The molecule has 3 rings (SSSR count). The molecule has 5 nitrogen and oxygen atoms in total. The number of pyridine rings is 1. The van der Waals surface area contributed by atoms with Crippen LogP contribution in [0.25, 0.3) is 0 Å². The molecule has 2 heterocycles. The first-order valence-electron chi connectivity index (χ1n) is 8.79. The highest BCUT2D eigenvalue weighted by Gasteiger charge is 2.27. The van der Waals surface area contributed by atoms with Crippen molar-refractivity contribution in [3.8, 4) is 5.75 Å². The van der Waals surface area contributed by atoms with Crippen molar-refractivity contribution in [3.63, 3.8) is 0 Å². The predicted octanol–water partition coefficient (Wildman–Crippen LogP) is 3.07. The van der Waals surface area contributed by atoms with Crippen LogP contribution in [0.2, 0.25) is 0 Å². The number of carbonyl (C=O) groups excluding carboxylic acids is 1. The van der Waals surface area contributed by atoms with Crippen molar-refractivity contribution in [2.75, 3.05) is 13.1 Å². The molecule has 26 heavy (non-hydrogen) atoms. The topological polar surface area (TPSA) is 51.5 Å². The molecule has 1 aliphatic rings. The van der Waals surface area contributed by atoms with Crippen LogP contribution in [0.5, 0.6) is 5.75 Å². The van der Waals surface area contributed by atoms with Crippen LogP contribution in [0.4, 0.5) is 0 Å². The lowest BCUT2D eigenvalue weighted by atomic mass is 10.1. The zero-order valence-electron chi connectivity index (χ0n) is 15.1. The van der Waals surface area contributed by atoms with Gasteiger partial charge in [0.15, 0.2) is 0 Å². The smallest absolute Gasteiger partial charge is 0.254 e. The third kappa shape index (κ3) is 4.55. The molecule has 0 bridgehead atoms. The molecule has 138 valence electrons. The highest BCUT2D eigenvalue weighted by Crippen LogP contribution is 2.19. The minimum Gasteiger partial charge on any atom is -0.488 e. The monoisotopic (exact) mass is 418 g/mol. The Kier molecular flexibility index (Phi) is 5.81. The van der Waals surface area contributed by atoms with Crippen LogP contribution in [0.15, 0.2) is 45.7 Å². The van der Waals surface area contributed by atoms with Gasteiger partial charge in [-0.3, -0.25) is 9.59 Å². The summed E-state index contributed by atoms with van der Waals surface area (Å²) >= 11 is 3.42. The van der Waals surface area contributed by atoms with E-state index < -0.39 is 0 Å². The maximum atomic E-state index is 12.4. The molecule has 0 saturated carbocycles. The Bertz CT molecular complexity index is 845. The molecule has 2 aromatic rings. The van der Waals surface area contributed by atoms with Crippen LogP contribution in [0.3, 0.4) is 0 Å². The van der Waals surface area contributed by atoms with E-state index in [0.717, 1.165) is 28.6 Å². The van der Waals surface area contributed by atoms with Gasteiger partial charge < -0.3 is 14.2 Å².